The second-order valence-corrected chi connectivity index (χ2v) is 5.43. The number of hydrogen-bond donors (Lipinski definition) is 3. The second-order valence-electron chi connectivity index (χ2n) is 4.99. The molecule has 1 rings (SSSR count). The van der Waals surface area contributed by atoms with Crippen LogP contribution in [0.4, 0.5) is 0 Å². The number of nitrogens with one attached hydrogen (secondary N) is 2. The van der Waals surface area contributed by atoms with Gasteiger partial charge in [-0.3, -0.25) is 4.79 Å². The highest BCUT2D eigenvalue weighted by Crippen LogP contribution is 2.30. The molecule has 0 atom stereocenters. The average molecular weight is 296 g/mol. The van der Waals surface area contributed by atoms with Gasteiger partial charge >= 0.3 is 0 Å². The van der Waals surface area contributed by atoms with Crippen LogP contribution in [0.15, 0.2) is 12.4 Å². The Morgan fingerprint density at radius 1 is 1.45 bits per heavy atom. The lowest BCUT2D eigenvalue weighted by atomic mass is 9.78. The summed E-state index contributed by atoms with van der Waals surface area (Å²) in [5, 5.41) is 2.95. The van der Waals surface area contributed by atoms with Crippen molar-refractivity contribution in [2.24, 2.45) is 11.1 Å². The molecule has 0 aliphatic rings. The first-order valence-corrected chi connectivity index (χ1v) is 7.54. The van der Waals surface area contributed by atoms with Crippen molar-refractivity contribution in [2.45, 2.75) is 46.0 Å². The maximum Gasteiger partial charge on any atom is 0.233 e. The predicted molar refractivity (Wildman–Crippen MR) is 84.3 cm³/mol. The van der Waals surface area contributed by atoms with E-state index < -0.39 is 5.41 Å². The molecule has 0 bridgehead atoms. The van der Waals surface area contributed by atoms with Gasteiger partial charge < -0.3 is 16.0 Å². The lowest BCUT2D eigenvalue weighted by Gasteiger charge is -2.31. The van der Waals surface area contributed by atoms with E-state index in [-0.39, 0.29) is 5.91 Å². The molecule has 0 radical (unpaired) electrons. The standard InChI is InChI=1S/C14H24N4OS/c1-3-6-14(7-4-2,12(15)20)13(19)18-8-5-11-16-9-10-17-11/h9-10H,3-8H2,1-2H3,(H2,15,20)(H,16,17)(H,18,19). The predicted octanol–water partition coefficient (Wildman–Crippen LogP) is 1.94. The molecule has 20 heavy (non-hydrogen) atoms. The van der Waals surface area contributed by atoms with E-state index in [0.29, 0.717) is 30.8 Å². The molecule has 1 amide bonds. The van der Waals surface area contributed by atoms with Crippen LogP contribution in [0.1, 0.15) is 45.4 Å². The first kappa shape index (κ1) is 16.6. The summed E-state index contributed by atoms with van der Waals surface area (Å²) in [5.74, 6) is 0.803. The van der Waals surface area contributed by atoms with Gasteiger partial charge in [0.25, 0.3) is 0 Å². The molecule has 0 saturated heterocycles. The smallest absolute Gasteiger partial charge is 0.233 e. The Morgan fingerprint density at radius 2 is 2.10 bits per heavy atom. The van der Waals surface area contributed by atoms with E-state index in [1.165, 1.54) is 0 Å². The minimum Gasteiger partial charge on any atom is -0.392 e. The summed E-state index contributed by atoms with van der Waals surface area (Å²) >= 11 is 5.16. The monoisotopic (exact) mass is 296 g/mol. The van der Waals surface area contributed by atoms with Gasteiger partial charge in [0.05, 0.1) is 10.4 Å². The Bertz CT molecular complexity index is 424. The summed E-state index contributed by atoms with van der Waals surface area (Å²) in [4.78, 5) is 19.9. The maximum absolute atomic E-state index is 12.5. The molecule has 0 unspecified atom stereocenters. The number of imidazole rings is 1. The van der Waals surface area contributed by atoms with Gasteiger partial charge in [0.15, 0.2) is 0 Å². The van der Waals surface area contributed by atoms with Crippen molar-refractivity contribution in [3.05, 3.63) is 18.2 Å². The summed E-state index contributed by atoms with van der Waals surface area (Å²) in [6.45, 7) is 4.61. The van der Waals surface area contributed by atoms with Crippen LogP contribution in [0.5, 0.6) is 0 Å². The van der Waals surface area contributed by atoms with E-state index in [2.05, 4.69) is 15.3 Å². The summed E-state index contributed by atoms with van der Waals surface area (Å²) in [5.41, 5.74) is 5.16. The molecule has 0 saturated carbocycles. The first-order valence-electron chi connectivity index (χ1n) is 7.13. The molecule has 1 aromatic heterocycles. The van der Waals surface area contributed by atoms with E-state index in [0.717, 1.165) is 18.7 Å². The zero-order chi connectivity index (χ0) is 15.0. The minimum absolute atomic E-state index is 0.0553. The van der Waals surface area contributed by atoms with Gasteiger partial charge in [-0.2, -0.15) is 0 Å². The molecule has 0 aromatic carbocycles. The lowest BCUT2D eigenvalue weighted by molar-refractivity contribution is -0.128. The average Bonchev–Trinajstić information content (AvgIpc) is 2.91. The van der Waals surface area contributed by atoms with Crippen LogP contribution < -0.4 is 11.1 Å². The summed E-state index contributed by atoms with van der Waals surface area (Å²) in [6, 6.07) is 0. The normalized spacial score (nSPS) is 11.3. The van der Waals surface area contributed by atoms with Crippen molar-refractivity contribution >= 4 is 23.1 Å². The van der Waals surface area contributed by atoms with E-state index >= 15 is 0 Å². The molecule has 0 fully saturated rings. The van der Waals surface area contributed by atoms with E-state index in [1.807, 2.05) is 13.8 Å². The Labute approximate surface area is 125 Å². The Hall–Kier alpha value is -1.43. The topological polar surface area (TPSA) is 83.8 Å². The summed E-state index contributed by atoms with van der Waals surface area (Å²) in [6.07, 6.45) is 7.29. The number of nitrogens with two attached hydrogens (primary N) is 1. The van der Waals surface area contributed by atoms with Gasteiger partial charge in [0.1, 0.15) is 5.82 Å². The van der Waals surface area contributed by atoms with Crippen molar-refractivity contribution in [1.82, 2.24) is 15.3 Å². The number of thiocarbonyl (C=S) groups is 1. The van der Waals surface area contributed by atoms with Crippen molar-refractivity contribution in [3.8, 4) is 0 Å². The number of hydrogen-bond acceptors (Lipinski definition) is 3. The molecule has 0 aliphatic heterocycles. The quantitative estimate of drug-likeness (QED) is 0.608. The molecular weight excluding hydrogens is 272 g/mol. The van der Waals surface area contributed by atoms with Gasteiger partial charge in [-0.05, 0) is 12.8 Å². The van der Waals surface area contributed by atoms with Crippen LogP contribution in [0, 0.1) is 5.41 Å². The van der Waals surface area contributed by atoms with Gasteiger partial charge in [0, 0.05) is 25.4 Å². The molecule has 112 valence electrons. The van der Waals surface area contributed by atoms with E-state index in [9.17, 15) is 4.79 Å². The molecule has 4 N–H and O–H groups in total. The van der Waals surface area contributed by atoms with Gasteiger partial charge in [0.2, 0.25) is 5.91 Å². The number of H-pyrrole nitrogens is 1. The number of carbonyl (C=O) groups is 1. The summed E-state index contributed by atoms with van der Waals surface area (Å²) in [7, 11) is 0. The first-order chi connectivity index (χ1) is 9.56. The van der Waals surface area contributed by atoms with Gasteiger partial charge in [-0.25, -0.2) is 4.98 Å². The van der Waals surface area contributed by atoms with E-state index in [4.69, 9.17) is 18.0 Å². The third kappa shape index (κ3) is 4.03. The van der Waals surface area contributed by atoms with Crippen LogP contribution in [0.2, 0.25) is 0 Å². The van der Waals surface area contributed by atoms with Gasteiger partial charge in [-0.15, -0.1) is 0 Å². The van der Waals surface area contributed by atoms with Crippen molar-refractivity contribution in [1.29, 1.82) is 0 Å². The molecule has 5 nitrogen and oxygen atoms in total. The minimum atomic E-state index is -0.706. The van der Waals surface area contributed by atoms with Crippen molar-refractivity contribution in [2.75, 3.05) is 6.54 Å². The molecule has 6 heteroatoms. The van der Waals surface area contributed by atoms with Crippen molar-refractivity contribution in [3.63, 3.8) is 0 Å². The SMILES string of the molecule is CCCC(CCC)(C(=O)NCCc1ncc[nH]1)C(N)=S. The third-order valence-electron chi connectivity index (χ3n) is 3.46. The lowest BCUT2D eigenvalue weighted by Crippen LogP contribution is -2.49. The van der Waals surface area contributed by atoms with Crippen LogP contribution in [0.3, 0.4) is 0 Å². The number of amides is 1. The Balaban J connectivity index is 2.64. The van der Waals surface area contributed by atoms with Crippen LogP contribution in [0.25, 0.3) is 0 Å². The number of aromatic nitrogens is 2. The number of nitrogens with zero attached hydrogens (tertiary/aromatic N) is 1. The van der Waals surface area contributed by atoms with Crippen LogP contribution in [-0.4, -0.2) is 27.4 Å². The Kier molecular flexibility index (Phi) is 6.64. The highest BCUT2D eigenvalue weighted by molar-refractivity contribution is 7.80. The fraction of sp³-hybridized carbons (Fsp3) is 0.643. The Morgan fingerprint density at radius 3 is 2.55 bits per heavy atom. The molecule has 1 aromatic rings. The number of rotatable bonds is 9. The fourth-order valence-electron chi connectivity index (χ4n) is 2.46. The zero-order valence-corrected chi connectivity index (χ0v) is 13.1. The van der Waals surface area contributed by atoms with Crippen LogP contribution >= 0.6 is 12.2 Å². The highest BCUT2D eigenvalue weighted by Gasteiger charge is 2.39. The largest absolute Gasteiger partial charge is 0.392 e. The number of aromatic amines is 1. The second kappa shape index (κ2) is 7.99. The fourth-order valence-corrected chi connectivity index (χ4v) is 2.76. The molecule has 0 spiro atoms. The summed E-state index contributed by atoms with van der Waals surface area (Å²) < 4.78 is 0. The molecular formula is C14H24N4OS. The number of carbonyl (C=O) groups excluding carboxylic acids is 1. The molecule has 0 aliphatic carbocycles. The van der Waals surface area contributed by atoms with E-state index in [1.54, 1.807) is 12.4 Å². The van der Waals surface area contributed by atoms with Gasteiger partial charge in [-0.1, -0.05) is 38.9 Å². The van der Waals surface area contributed by atoms with Crippen LogP contribution in [-0.2, 0) is 11.2 Å². The zero-order valence-electron chi connectivity index (χ0n) is 12.2. The van der Waals surface area contributed by atoms with Crippen molar-refractivity contribution < 1.29 is 4.79 Å². The molecule has 1 heterocycles. The third-order valence-corrected chi connectivity index (χ3v) is 3.85. The highest BCUT2D eigenvalue weighted by atomic mass is 32.1. The maximum atomic E-state index is 12.5.